The third-order valence-electron chi connectivity index (χ3n) is 4.25. The van der Waals surface area contributed by atoms with Crippen molar-refractivity contribution in [2.45, 2.75) is 56.5 Å². The number of amides is 1. The Bertz CT molecular complexity index is 510. The zero-order valence-electron chi connectivity index (χ0n) is 11.4. The molecule has 4 unspecified atom stereocenters. The predicted octanol–water partition coefficient (Wildman–Crippen LogP) is 0.686. The molecule has 0 aromatic rings. The molecule has 4 atom stereocenters. The van der Waals surface area contributed by atoms with E-state index in [1.807, 2.05) is 20.8 Å². The number of hydrogen-bond donors (Lipinski definition) is 1. The second kappa shape index (κ2) is 3.85. The number of ether oxygens (including phenoxy) is 1. The van der Waals surface area contributed by atoms with Crippen LogP contribution in [0.1, 0.15) is 33.6 Å². The molecule has 3 rings (SSSR count). The molecule has 1 N–H and O–H groups in total. The van der Waals surface area contributed by atoms with Gasteiger partial charge in [0.25, 0.3) is 0 Å². The molecule has 1 amide bonds. The Labute approximate surface area is 113 Å². The summed E-state index contributed by atoms with van der Waals surface area (Å²) in [4.78, 5) is 13.9. The van der Waals surface area contributed by atoms with Crippen molar-refractivity contribution in [2.24, 2.45) is 5.92 Å². The zero-order chi connectivity index (χ0) is 14.0. The van der Waals surface area contributed by atoms with Gasteiger partial charge in [0.1, 0.15) is 10.9 Å². The van der Waals surface area contributed by atoms with E-state index < -0.39 is 20.9 Å². The van der Waals surface area contributed by atoms with E-state index in [9.17, 15) is 13.2 Å². The number of nitrogens with one attached hydrogen (secondary N) is 1. The van der Waals surface area contributed by atoms with Gasteiger partial charge in [-0.3, -0.25) is 0 Å². The molecule has 108 valence electrons. The van der Waals surface area contributed by atoms with Crippen molar-refractivity contribution in [3.8, 4) is 0 Å². The molecule has 0 spiro atoms. The van der Waals surface area contributed by atoms with Crippen molar-refractivity contribution >= 4 is 16.1 Å². The van der Waals surface area contributed by atoms with Gasteiger partial charge < -0.3 is 9.64 Å². The summed E-state index contributed by atoms with van der Waals surface area (Å²) in [5, 5.41) is -0.446. The lowest BCUT2D eigenvalue weighted by Crippen LogP contribution is -2.44. The Kier molecular flexibility index (Phi) is 2.67. The summed E-state index contributed by atoms with van der Waals surface area (Å²) in [5.41, 5.74) is -0.550. The van der Waals surface area contributed by atoms with E-state index in [4.69, 9.17) is 4.74 Å². The molecule has 6 nitrogen and oxygen atoms in total. The van der Waals surface area contributed by atoms with E-state index in [0.29, 0.717) is 6.54 Å². The maximum atomic E-state index is 12.3. The van der Waals surface area contributed by atoms with Gasteiger partial charge in [-0.15, -0.1) is 0 Å². The van der Waals surface area contributed by atoms with Crippen LogP contribution >= 0.6 is 0 Å². The van der Waals surface area contributed by atoms with E-state index in [-0.39, 0.29) is 24.1 Å². The van der Waals surface area contributed by atoms with Gasteiger partial charge in [0.05, 0.1) is 6.04 Å². The Morgan fingerprint density at radius 3 is 2.47 bits per heavy atom. The summed E-state index contributed by atoms with van der Waals surface area (Å²) < 4.78 is 32.0. The van der Waals surface area contributed by atoms with E-state index in [2.05, 4.69) is 4.72 Å². The van der Waals surface area contributed by atoms with Crippen molar-refractivity contribution in [1.82, 2.24) is 9.62 Å². The topological polar surface area (TPSA) is 75.7 Å². The third kappa shape index (κ3) is 1.94. The number of nitrogens with zero attached hydrogens (tertiary/aromatic N) is 1. The normalized spacial score (nSPS) is 39.4. The predicted molar refractivity (Wildman–Crippen MR) is 69.1 cm³/mol. The first kappa shape index (κ1) is 13.2. The number of hydrogen-bond acceptors (Lipinski definition) is 4. The first-order chi connectivity index (χ1) is 8.71. The highest BCUT2D eigenvalue weighted by molar-refractivity contribution is 7.90. The smallest absolute Gasteiger partial charge is 0.410 e. The van der Waals surface area contributed by atoms with Gasteiger partial charge in [-0.25, -0.2) is 17.9 Å². The average molecular weight is 288 g/mol. The lowest BCUT2D eigenvalue weighted by atomic mass is 9.89. The molecule has 3 heterocycles. The Morgan fingerprint density at radius 1 is 1.26 bits per heavy atom. The van der Waals surface area contributed by atoms with Crippen LogP contribution in [0.3, 0.4) is 0 Å². The number of carbonyl (C=O) groups is 1. The van der Waals surface area contributed by atoms with Gasteiger partial charge in [-0.2, -0.15) is 0 Å². The molecule has 2 bridgehead atoms. The first-order valence-electron chi connectivity index (χ1n) is 6.70. The van der Waals surface area contributed by atoms with Crippen molar-refractivity contribution < 1.29 is 17.9 Å². The Balaban J connectivity index is 1.85. The van der Waals surface area contributed by atoms with E-state index in [0.717, 1.165) is 12.8 Å². The number of fused-ring (bicyclic) bond motifs is 5. The fourth-order valence-corrected chi connectivity index (χ4v) is 5.73. The minimum absolute atomic E-state index is 0.00891. The van der Waals surface area contributed by atoms with Crippen LogP contribution in [0.25, 0.3) is 0 Å². The minimum Gasteiger partial charge on any atom is -0.444 e. The highest BCUT2D eigenvalue weighted by Gasteiger charge is 2.62. The van der Waals surface area contributed by atoms with Crippen molar-refractivity contribution in [3.63, 3.8) is 0 Å². The maximum Gasteiger partial charge on any atom is 0.410 e. The van der Waals surface area contributed by atoms with Gasteiger partial charge in [0.15, 0.2) is 0 Å². The fraction of sp³-hybridized carbons (Fsp3) is 0.917. The van der Waals surface area contributed by atoms with Crippen LogP contribution in [-0.2, 0) is 14.8 Å². The molecule has 3 aliphatic rings. The number of sulfonamides is 1. The van der Waals surface area contributed by atoms with E-state index in [1.54, 1.807) is 4.90 Å². The van der Waals surface area contributed by atoms with E-state index in [1.165, 1.54) is 0 Å². The zero-order valence-corrected chi connectivity index (χ0v) is 12.2. The van der Waals surface area contributed by atoms with Crippen LogP contribution in [0.5, 0.6) is 0 Å². The molecule has 19 heavy (non-hydrogen) atoms. The number of rotatable bonds is 0. The molecule has 3 aliphatic heterocycles. The van der Waals surface area contributed by atoms with Gasteiger partial charge in [-0.05, 0) is 33.6 Å². The lowest BCUT2D eigenvalue weighted by molar-refractivity contribution is 0.0205. The minimum atomic E-state index is -3.26. The van der Waals surface area contributed by atoms with Crippen LogP contribution in [0, 0.1) is 5.92 Å². The lowest BCUT2D eigenvalue weighted by Gasteiger charge is -2.28. The van der Waals surface area contributed by atoms with Crippen LogP contribution in [0.4, 0.5) is 4.79 Å². The average Bonchev–Trinajstić information content (AvgIpc) is 2.85. The summed E-state index contributed by atoms with van der Waals surface area (Å²) in [6.07, 6.45) is 1.26. The van der Waals surface area contributed by atoms with E-state index >= 15 is 0 Å². The highest BCUT2D eigenvalue weighted by Crippen LogP contribution is 2.47. The van der Waals surface area contributed by atoms with Gasteiger partial charge in [0, 0.05) is 18.5 Å². The van der Waals surface area contributed by atoms with Crippen molar-refractivity contribution in [1.29, 1.82) is 0 Å². The summed E-state index contributed by atoms with van der Waals surface area (Å²) >= 11 is 0. The standard InChI is InChI=1S/C12H20N2O4S/c1-12(2,3)18-11(15)14-8-4-5-9(14)10-7(8)6-13-19(10,16)17/h7-10,13H,4-6H2,1-3H3. The molecular formula is C12H20N2O4S. The third-order valence-corrected chi connectivity index (χ3v) is 6.20. The second-order valence-corrected chi connectivity index (χ2v) is 8.54. The molecule has 0 aromatic carbocycles. The molecule has 3 fully saturated rings. The number of carbonyl (C=O) groups excluding carboxylic acids is 1. The molecule has 0 aliphatic carbocycles. The Morgan fingerprint density at radius 2 is 1.89 bits per heavy atom. The van der Waals surface area contributed by atoms with Gasteiger partial charge >= 0.3 is 6.09 Å². The molecule has 7 heteroatoms. The van der Waals surface area contributed by atoms with Crippen molar-refractivity contribution in [3.05, 3.63) is 0 Å². The first-order valence-corrected chi connectivity index (χ1v) is 8.25. The van der Waals surface area contributed by atoms with Crippen LogP contribution < -0.4 is 4.72 Å². The molecular weight excluding hydrogens is 268 g/mol. The molecule has 0 radical (unpaired) electrons. The summed E-state index contributed by atoms with van der Waals surface area (Å²) in [5.74, 6) is 0.0243. The highest BCUT2D eigenvalue weighted by atomic mass is 32.2. The van der Waals surface area contributed by atoms with Crippen LogP contribution in [-0.4, -0.2) is 48.9 Å². The van der Waals surface area contributed by atoms with Gasteiger partial charge in [0.2, 0.25) is 10.0 Å². The fourth-order valence-electron chi connectivity index (χ4n) is 3.70. The molecule has 3 saturated heterocycles. The maximum absolute atomic E-state index is 12.3. The quantitative estimate of drug-likeness (QED) is 0.711. The van der Waals surface area contributed by atoms with Gasteiger partial charge in [-0.1, -0.05) is 0 Å². The summed E-state index contributed by atoms with van der Waals surface area (Å²) in [7, 11) is -3.26. The molecule has 0 saturated carbocycles. The largest absolute Gasteiger partial charge is 0.444 e. The summed E-state index contributed by atoms with van der Waals surface area (Å²) in [6.45, 7) is 5.92. The summed E-state index contributed by atoms with van der Waals surface area (Å²) in [6, 6.07) is -0.209. The Hall–Kier alpha value is -0.820. The van der Waals surface area contributed by atoms with Crippen LogP contribution in [0.15, 0.2) is 0 Å². The molecule has 0 aromatic heterocycles. The second-order valence-electron chi connectivity index (χ2n) is 6.62. The SMILES string of the molecule is CC(C)(C)OC(=O)N1C2CCC1C1C2CNS1(=O)=O. The van der Waals surface area contributed by atoms with Crippen LogP contribution in [0.2, 0.25) is 0 Å². The monoisotopic (exact) mass is 288 g/mol. The van der Waals surface area contributed by atoms with Crippen molar-refractivity contribution in [2.75, 3.05) is 6.54 Å².